The van der Waals surface area contributed by atoms with E-state index in [2.05, 4.69) is 47.4 Å². The molecule has 1 N–H and O–H groups in total. The van der Waals surface area contributed by atoms with Crippen molar-refractivity contribution in [3.8, 4) is 0 Å². The van der Waals surface area contributed by atoms with Gasteiger partial charge >= 0.3 is 0 Å². The summed E-state index contributed by atoms with van der Waals surface area (Å²) in [6.45, 7) is 5.07. The van der Waals surface area contributed by atoms with E-state index in [1.54, 1.807) is 41.5 Å². The number of aromatic nitrogens is 3. The molecule has 1 atom stereocenters. The van der Waals surface area contributed by atoms with E-state index in [0.29, 0.717) is 11.4 Å². The van der Waals surface area contributed by atoms with Crippen LogP contribution >= 0.6 is 0 Å². The van der Waals surface area contributed by atoms with Crippen LogP contribution in [0.15, 0.2) is 55.0 Å². The first-order valence-electron chi connectivity index (χ1n) is 10.1. The molecule has 1 aliphatic rings. The SMILES string of the molecule is Cc1ccc(C)c(C2CCCN2C(=O)Cn2cc(NC(=O)c3ccccn3)cn2)c1. The van der Waals surface area contributed by atoms with Crippen LogP contribution in [0.3, 0.4) is 0 Å². The Hall–Kier alpha value is -3.48. The third-order valence-electron chi connectivity index (χ3n) is 5.45. The predicted molar refractivity (Wildman–Crippen MR) is 114 cm³/mol. The first kappa shape index (κ1) is 19.8. The lowest BCUT2D eigenvalue weighted by atomic mass is 9.97. The second kappa shape index (κ2) is 8.49. The molecule has 0 aliphatic carbocycles. The Kier molecular flexibility index (Phi) is 5.61. The van der Waals surface area contributed by atoms with E-state index in [-0.39, 0.29) is 24.4 Å². The van der Waals surface area contributed by atoms with Crippen molar-refractivity contribution in [1.29, 1.82) is 0 Å². The van der Waals surface area contributed by atoms with Gasteiger partial charge in [-0.3, -0.25) is 19.3 Å². The minimum absolute atomic E-state index is 0.0316. The fourth-order valence-electron chi connectivity index (χ4n) is 3.94. The lowest BCUT2D eigenvalue weighted by Gasteiger charge is -2.26. The Bertz CT molecular complexity index is 1060. The summed E-state index contributed by atoms with van der Waals surface area (Å²) in [7, 11) is 0. The van der Waals surface area contributed by atoms with Crippen LogP contribution in [0.5, 0.6) is 0 Å². The van der Waals surface area contributed by atoms with Crippen molar-refractivity contribution in [3.05, 3.63) is 77.4 Å². The number of benzene rings is 1. The minimum Gasteiger partial charge on any atom is -0.334 e. The second-order valence-electron chi connectivity index (χ2n) is 7.70. The molecule has 1 aromatic carbocycles. The van der Waals surface area contributed by atoms with Crippen LogP contribution in [0.4, 0.5) is 5.69 Å². The smallest absolute Gasteiger partial charge is 0.274 e. The zero-order valence-corrected chi connectivity index (χ0v) is 17.2. The molecule has 7 nitrogen and oxygen atoms in total. The largest absolute Gasteiger partial charge is 0.334 e. The Morgan fingerprint density at radius 3 is 2.87 bits per heavy atom. The Morgan fingerprint density at radius 1 is 1.20 bits per heavy atom. The molecule has 30 heavy (non-hydrogen) atoms. The van der Waals surface area contributed by atoms with Crippen molar-refractivity contribution in [2.75, 3.05) is 11.9 Å². The van der Waals surface area contributed by atoms with E-state index in [0.717, 1.165) is 19.4 Å². The highest BCUT2D eigenvalue weighted by Gasteiger charge is 2.31. The van der Waals surface area contributed by atoms with E-state index < -0.39 is 0 Å². The molecular formula is C23H25N5O2. The maximum Gasteiger partial charge on any atom is 0.274 e. The lowest BCUT2D eigenvalue weighted by Crippen LogP contribution is -2.33. The van der Waals surface area contributed by atoms with Crippen LogP contribution in [-0.4, -0.2) is 38.0 Å². The van der Waals surface area contributed by atoms with Crippen LogP contribution < -0.4 is 5.32 Å². The monoisotopic (exact) mass is 403 g/mol. The number of pyridine rings is 1. The highest BCUT2D eigenvalue weighted by Crippen LogP contribution is 2.34. The number of nitrogens with one attached hydrogen (secondary N) is 1. The number of carbonyl (C=O) groups is 2. The van der Waals surface area contributed by atoms with E-state index in [9.17, 15) is 9.59 Å². The number of anilines is 1. The molecule has 1 saturated heterocycles. The van der Waals surface area contributed by atoms with Gasteiger partial charge in [0.05, 0.1) is 17.9 Å². The van der Waals surface area contributed by atoms with Crippen LogP contribution in [0.1, 0.15) is 46.1 Å². The summed E-state index contributed by atoms with van der Waals surface area (Å²) < 4.78 is 1.56. The molecule has 3 aromatic rings. The maximum atomic E-state index is 13.0. The summed E-state index contributed by atoms with van der Waals surface area (Å²) in [5.74, 6) is -0.278. The van der Waals surface area contributed by atoms with Crippen LogP contribution in [0.25, 0.3) is 0 Å². The van der Waals surface area contributed by atoms with Gasteiger partial charge in [0, 0.05) is 18.9 Å². The van der Waals surface area contributed by atoms with Crippen molar-refractivity contribution in [3.63, 3.8) is 0 Å². The summed E-state index contributed by atoms with van der Waals surface area (Å²) in [5.41, 5.74) is 4.50. The molecule has 3 heterocycles. The Morgan fingerprint density at radius 2 is 2.07 bits per heavy atom. The number of rotatable bonds is 5. The summed E-state index contributed by atoms with van der Waals surface area (Å²) in [6, 6.07) is 11.7. The van der Waals surface area contributed by atoms with E-state index >= 15 is 0 Å². The van der Waals surface area contributed by atoms with Crippen molar-refractivity contribution in [2.24, 2.45) is 0 Å². The van der Waals surface area contributed by atoms with Crippen LogP contribution in [0.2, 0.25) is 0 Å². The molecule has 1 unspecified atom stereocenters. The first-order valence-corrected chi connectivity index (χ1v) is 10.1. The van der Waals surface area contributed by atoms with Crippen molar-refractivity contribution in [1.82, 2.24) is 19.7 Å². The van der Waals surface area contributed by atoms with Gasteiger partial charge in [-0.1, -0.05) is 29.8 Å². The van der Waals surface area contributed by atoms with Gasteiger partial charge in [-0.25, -0.2) is 0 Å². The van der Waals surface area contributed by atoms with Crippen LogP contribution in [0, 0.1) is 13.8 Å². The molecular weight excluding hydrogens is 378 g/mol. The summed E-state index contributed by atoms with van der Waals surface area (Å²) in [6.07, 6.45) is 6.75. The summed E-state index contributed by atoms with van der Waals surface area (Å²) >= 11 is 0. The number of hydrogen-bond acceptors (Lipinski definition) is 4. The number of aryl methyl sites for hydroxylation is 2. The molecule has 2 aromatic heterocycles. The molecule has 4 rings (SSSR count). The summed E-state index contributed by atoms with van der Waals surface area (Å²) in [4.78, 5) is 31.2. The van der Waals surface area contributed by atoms with Crippen LogP contribution in [-0.2, 0) is 11.3 Å². The molecule has 1 fully saturated rings. The van der Waals surface area contributed by atoms with Gasteiger partial charge in [0.15, 0.2) is 0 Å². The lowest BCUT2D eigenvalue weighted by molar-refractivity contribution is -0.133. The van der Waals surface area contributed by atoms with E-state index in [1.807, 2.05) is 4.90 Å². The van der Waals surface area contributed by atoms with E-state index in [4.69, 9.17) is 0 Å². The third kappa shape index (κ3) is 4.25. The van der Waals surface area contributed by atoms with Gasteiger partial charge in [0.2, 0.25) is 5.91 Å². The zero-order valence-electron chi connectivity index (χ0n) is 17.2. The Labute approximate surface area is 175 Å². The van der Waals surface area contributed by atoms with Crippen molar-refractivity contribution < 1.29 is 9.59 Å². The highest BCUT2D eigenvalue weighted by atomic mass is 16.2. The van der Waals surface area contributed by atoms with Crippen molar-refractivity contribution >= 4 is 17.5 Å². The zero-order chi connectivity index (χ0) is 21.1. The summed E-state index contributed by atoms with van der Waals surface area (Å²) in [5, 5.41) is 7.00. The van der Waals surface area contributed by atoms with Gasteiger partial charge in [0.1, 0.15) is 12.2 Å². The molecule has 0 spiro atoms. The average Bonchev–Trinajstić information content (AvgIpc) is 3.40. The third-order valence-corrected chi connectivity index (χ3v) is 5.45. The standard InChI is InChI=1S/C23H25N5O2/c1-16-8-9-17(2)19(12-16)21-7-5-11-28(21)22(29)15-27-14-18(13-25-27)26-23(30)20-6-3-4-10-24-20/h3-4,6,8-10,12-14,21H,5,7,11,15H2,1-2H3,(H,26,30). The van der Waals surface area contributed by atoms with Gasteiger partial charge in [-0.2, -0.15) is 5.10 Å². The maximum absolute atomic E-state index is 13.0. The molecule has 2 amide bonds. The normalized spacial score (nSPS) is 15.9. The van der Waals surface area contributed by atoms with Gasteiger partial charge < -0.3 is 10.2 Å². The number of carbonyl (C=O) groups excluding carboxylic acids is 2. The van der Waals surface area contributed by atoms with Gasteiger partial charge in [0.25, 0.3) is 5.91 Å². The number of likely N-dealkylation sites (tertiary alicyclic amines) is 1. The highest BCUT2D eigenvalue weighted by molar-refractivity contribution is 6.02. The fraction of sp³-hybridized carbons (Fsp3) is 0.304. The first-order chi connectivity index (χ1) is 14.5. The molecule has 154 valence electrons. The average molecular weight is 403 g/mol. The van der Waals surface area contributed by atoms with Gasteiger partial charge in [-0.15, -0.1) is 0 Å². The molecule has 0 saturated carbocycles. The van der Waals surface area contributed by atoms with E-state index in [1.165, 1.54) is 16.7 Å². The molecule has 0 bridgehead atoms. The Balaban J connectivity index is 1.43. The minimum atomic E-state index is -0.309. The second-order valence-corrected chi connectivity index (χ2v) is 7.70. The predicted octanol–water partition coefficient (Wildman–Crippen LogP) is 3.51. The van der Waals surface area contributed by atoms with Crippen molar-refractivity contribution in [2.45, 2.75) is 39.3 Å². The fourth-order valence-corrected chi connectivity index (χ4v) is 3.94. The topological polar surface area (TPSA) is 80.1 Å². The molecule has 1 aliphatic heterocycles. The number of hydrogen-bond donors (Lipinski definition) is 1. The molecule has 7 heteroatoms. The quantitative estimate of drug-likeness (QED) is 0.707. The number of nitrogens with zero attached hydrogens (tertiary/aromatic N) is 4. The molecule has 0 radical (unpaired) electrons. The number of amides is 2. The van der Waals surface area contributed by atoms with Gasteiger partial charge in [-0.05, 0) is 49.9 Å².